The molecule has 2 aromatic rings. The number of carbonyl (C=O) groups excluding carboxylic acids is 2. The van der Waals surface area contributed by atoms with Gasteiger partial charge in [0.1, 0.15) is 0 Å². The van der Waals surface area contributed by atoms with Crippen molar-refractivity contribution in [3.63, 3.8) is 0 Å². The van der Waals surface area contributed by atoms with E-state index in [1.165, 1.54) is 0 Å². The predicted molar refractivity (Wildman–Crippen MR) is 113 cm³/mol. The highest BCUT2D eigenvalue weighted by Crippen LogP contribution is 2.25. The van der Waals surface area contributed by atoms with Gasteiger partial charge in [0, 0.05) is 32.2 Å². The SMILES string of the molecule is CCOC(=O)C1CCCN(C(=O)CN2CCC(n3c(=O)[nH]c4ccccc43)CC2)C1. The average molecular weight is 415 g/mol. The molecule has 4 rings (SSSR count). The molecule has 0 radical (unpaired) electrons. The van der Waals surface area contributed by atoms with Crippen molar-refractivity contribution in [2.45, 2.75) is 38.6 Å². The van der Waals surface area contributed by atoms with Crippen LogP contribution < -0.4 is 5.69 Å². The summed E-state index contributed by atoms with van der Waals surface area (Å²) in [7, 11) is 0. The lowest BCUT2D eigenvalue weighted by Crippen LogP contribution is -2.48. The molecule has 1 aromatic carbocycles. The quantitative estimate of drug-likeness (QED) is 0.754. The minimum Gasteiger partial charge on any atom is -0.466 e. The molecule has 0 aliphatic carbocycles. The zero-order valence-corrected chi connectivity index (χ0v) is 17.5. The van der Waals surface area contributed by atoms with Gasteiger partial charge in [-0.25, -0.2) is 4.79 Å². The second-order valence-electron chi connectivity index (χ2n) is 8.26. The second kappa shape index (κ2) is 9.04. The number of H-pyrrole nitrogens is 1. The molecule has 2 fully saturated rings. The minimum absolute atomic E-state index is 0.0657. The number of benzene rings is 1. The Kier molecular flexibility index (Phi) is 6.22. The zero-order chi connectivity index (χ0) is 21.1. The molecule has 2 aliphatic rings. The maximum atomic E-state index is 12.8. The number of likely N-dealkylation sites (tertiary alicyclic amines) is 2. The van der Waals surface area contributed by atoms with Crippen LogP contribution in [0.4, 0.5) is 0 Å². The molecule has 0 spiro atoms. The molecule has 8 nitrogen and oxygen atoms in total. The summed E-state index contributed by atoms with van der Waals surface area (Å²) in [6.07, 6.45) is 3.29. The standard InChI is InChI=1S/C22H30N4O4/c1-2-30-21(28)16-6-5-11-25(14-16)20(27)15-24-12-9-17(10-13-24)26-19-8-4-3-7-18(19)23-22(26)29/h3-4,7-8,16-17H,2,5-6,9-15H2,1H3,(H,23,29). The van der Waals surface area contributed by atoms with Crippen molar-refractivity contribution in [1.29, 1.82) is 0 Å². The van der Waals surface area contributed by atoms with Crippen molar-refractivity contribution in [1.82, 2.24) is 19.4 Å². The van der Waals surface area contributed by atoms with E-state index in [2.05, 4.69) is 9.88 Å². The fourth-order valence-corrected chi connectivity index (χ4v) is 4.72. The van der Waals surface area contributed by atoms with Crippen molar-refractivity contribution in [3.05, 3.63) is 34.7 Å². The number of ether oxygens (including phenoxy) is 1. The smallest absolute Gasteiger partial charge is 0.326 e. The minimum atomic E-state index is -0.206. The fourth-order valence-electron chi connectivity index (χ4n) is 4.72. The maximum absolute atomic E-state index is 12.8. The van der Waals surface area contributed by atoms with Gasteiger partial charge in [-0.3, -0.25) is 19.1 Å². The van der Waals surface area contributed by atoms with Gasteiger partial charge < -0.3 is 14.6 Å². The van der Waals surface area contributed by atoms with Crippen molar-refractivity contribution in [3.8, 4) is 0 Å². The summed E-state index contributed by atoms with van der Waals surface area (Å²) in [5, 5.41) is 0. The second-order valence-corrected chi connectivity index (χ2v) is 8.26. The number of nitrogens with one attached hydrogen (secondary N) is 1. The number of amides is 1. The molecular formula is C22H30N4O4. The topological polar surface area (TPSA) is 87.6 Å². The fraction of sp³-hybridized carbons (Fsp3) is 0.591. The molecule has 2 aliphatic heterocycles. The van der Waals surface area contributed by atoms with Crippen LogP contribution in [0.2, 0.25) is 0 Å². The Hall–Kier alpha value is -2.61. The molecule has 0 bridgehead atoms. The Balaban J connectivity index is 1.32. The number of hydrogen-bond acceptors (Lipinski definition) is 5. The van der Waals surface area contributed by atoms with Crippen LogP contribution in [0, 0.1) is 5.92 Å². The zero-order valence-electron chi connectivity index (χ0n) is 17.5. The highest BCUT2D eigenvalue weighted by atomic mass is 16.5. The van der Waals surface area contributed by atoms with E-state index < -0.39 is 0 Å². The van der Waals surface area contributed by atoms with Gasteiger partial charge in [0.25, 0.3) is 0 Å². The molecule has 162 valence electrons. The van der Waals surface area contributed by atoms with Crippen LogP contribution in [-0.2, 0) is 14.3 Å². The Labute approximate surface area is 175 Å². The maximum Gasteiger partial charge on any atom is 0.326 e. The van der Waals surface area contributed by atoms with Crippen LogP contribution in [0.25, 0.3) is 11.0 Å². The van der Waals surface area contributed by atoms with E-state index in [9.17, 15) is 14.4 Å². The third-order valence-electron chi connectivity index (χ3n) is 6.30. The summed E-state index contributed by atoms with van der Waals surface area (Å²) in [5.74, 6) is -0.325. The van der Waals surface area contributed by atoms with E-state index in [0.29, 0.717) is 26.2 Å². The summed E-state index contributed by atoms with van der Waals surface area (Å²) in [6.45, 7) is 5.25. The van der Waals surface area contributed by atoms with Gasteiger partial charge in [0.15, 0.2) is 0 Å². The molecule has 1 atom stereocenters. The molecule has 2 saturated heterocycles. The molecule has 3 heterocycles. The van der Waals surface area contributed by atoms with Crippen LogP contribution in [-0.4, -0.2) is 70.6 Å². The monoisotopic (exact) mass is 414 g/mol. The molecule has 30 heavy (non-hydrogen) atoms. The first-order chi connectivity index (χ1) is 14.6. The van der Waals surface area contributed by atoms with Gasteiger partial charge in [-0.15, -0.1) is 0 Å². The van der Waals surface area contributed by atoms with Crippen molar-refractivity contribution < 1.29 is 14.3 Å². The number of rotatable bonds is 5. The number of aromatic nitrogens is 2. The number of hydrogen-bond donors (Lipinski definition) is 1. The van der Waals surface area contributed by atoms with Gasteiger partial charge in [-0.2, -0.15) is 0 Å². The largest absolute Gasteiger partial charge is 0.466 e. The highest BCUT2D eigenvalue weighted by molar-refractivity contribution is 5.80. The Bertz CT molecular complexity index is 957. The lowest BCUT2D eigenvalue weighted by molar-refractivity contribution is -0.151. The van der Waals surface area contributed by atoms with E-state index in [1.807, 2.05) is 28.8 Å². The Morgan fingerprint density at radius 1 is 1.13 bits per heavy atom. The number of nitrogens with zero attached hydrogens (tertiary/aromatic N) is 3. The van der Waals surface area contributed by atoms with Crippen molar-refractivity contribution in [2.24, 2.45) is 5.92 Å². The van der Waals surface area contributed by atoms with Crippen LogP contribution in [0.3, 0.4) is 0 Å². The van der Waals surface area contributed by atoms with E-state index in [4.69, 9.17) is 4.74 Å². The van der Waals surface area contributed by atoms with Gasteiger partial charge in [-0.1, -0.05) is 12.1 Å². The Morgan fingerprint density at radius 2 is 1.90 bits per heavy atom. The molecular weight excluding hydrogens is 384 g/mol. The number of aromatic amines is 1. The lowest BCUT2D eigenvalue weighted by Gasteiger charge is -2.35. The van der Waals surface area contributed by atoms with Gasteiger partial charge in [0.2, 0.25) is 5.91 Å². The lowest BCUT2D eigenvalue weighted by atomic mass is 9.98. The number of carbonyl (C=O) groups is 2. The molecule has 8 heteroatoms. The normalized spacial score (nSPS) is 21.1. The molecule has 1 amide bonds. The summed E-state index contributed by atoms with van der Waals surface area (Å²) in [5.41, 5.74) is 1.74. The molecule has 0 saturated carbocycles. The highest BCUT2D eigenvalue weighted by Gasteiger charge is 2.31. The van der Waals surface area contributed by atoms with Crippen LogP contribution >= 0.6 is 0 Å². The number of piperidine rings is 2. The number of para-hydroxylation sites is 2. The molecule has 1 N–H and O–H groups in total. The summed E-state index contributed by atoms with van der Waals surface area (Å²) in [4.78, 5) is 44.2. The van der Waals surface area contributed by atoms with Gasteiger partial charge >= 0.3 is 11.7 Å². The van der Waals surface area contributed by atoms with Crippen LogP contribution in [0.1, 0.15) is 38.6 Å². The van der Waals surface area contributed by atoms with Gasteiger partial charge in [-0.05, 0) is 44.7 Å². The average Bonchev–Trinajstić information content (AvgIpc) is 3.10. The predicted octanol–water partition coefficient (Wildman–Crippen LogP) is 1.77. The first kappa shape index (κ1) is 20.7. The van der Waals surface area contributed by atoms with Crippen LogP contribution in [0.15, 0.2) is 29.1 Å². The van der Waals surface area contributed by atoms with E-state index >= 15 is 0 Å². The number of fused-ring (bicyclic) bond motifs is 1. The third-order valence-corrected chi connectivity index (χ3v) is 6.30. The van der Waals surface area contributed by atoms with Crippen molar-refractivity contribution >= 4 is 22.9 Å². The first-order valence-electron chi connectivity index (χ1n) is 10.9. The number of imidazole rings is 1. The molecule has 1 unspecified atom stereocenters. The first-order valence-corrected chi connectivity index (χ1v) is 10.9. The van der Waals surface area contributed by atoms with Crippen molar-refractivity contribution in [2.75, 3.05) is 39.3 Å². The van der Waals surface area contributed by atoms with Gasteiger partial charge in [0.05, 0.1) is 30.1 Å². The van der Waals surface area contributed by atoms with E-state index in [1.54, 1.807) is 11.8 Å². The van der Waals surface area contributed by atoms with E-state index in [-0.39, 0.29) is 29.5 Å². The molecule has 1 aromatic heterocycles. The summed E-state index contributed by atoms with van der Waals surface area (Å²) >= 11 is 0. The summed E-state index contributed by atoms with van der Waals surface area (Å²) < 4.78 is 6.99. The number of esters is 1. The summed E-state index contributed by atoms with van der Waals surface area (Å²) in [6, 6.07) is 7.90. The van der Waals surface area contributed by atoms with Crippen LogP contribution in [0.5, 0.6) is 0 Å². The Morgan fingerprint density at radius 3 is 2.67 bits per heavy atom. The third kappa shape index (κ3) is 4.28. The van der Waals surface area contributed by atoms with E-state index in [0.717, 1.165) is 49.8 Å².